The summed E-state index contributed by atoms with van der Waals surface area (Å²) in [5.41, 5.74) is 2.11. The van der Waals surface area contributed by atoms with E-state index in [4.69, 9.17) is 4.74 Å². The van der Waals surface area contributed by atoms with Gasteiger partial charge in [-0.1, -0.05) is 24.3 Å². The summed E-state index contributed by atoms with van der Waals surface area (Å²) in [7, 11) is 1.41. The molecular formula is C15H18N2O2S. The number of thiazole rings is 1. The number of esters is 1. The molecule has 0 aliphatic rings. The van der Waals surface area contributed by atoms with E-state index < -0.39 is 0 Å². The molecule has 1 aromatic heterocycles. The second-order valence-corrected chi connectivity index (χ2v) is 5.42. The minimum atomic E-state index is -0.217. The minimum absolute atomic E-state index is 0.196. The monoisotopic (exact) mass is 290 g/mol. The van der Waals surface area contributed by atoms with Crippen molar-refractivity contribution in [1.29, 1.82) is 0 Å². The fourth-order valence-corrected chi connectivity index (χ4v) is 2.60. The molecular weight excluding hydrogens is 272 g/mol. The van der Waals surface area contributed by atoms with Gasteiger partial charge in [-0.05, 0) is 18.1 Å². The van der Waals surface area contributed by atoms with Crippen molar-refractivity contribution in [1.82, 2.24) is 10.3 Å². The summed E-state index contributed by atoms with van der Waals surface area (Å²) in [4.78, 5) is 15.7. The summed E-state index contributed by atoms with van der Waals surface area (Å²) < 4.78 is 4.73. The number of carbonyl (C=O) groups is 1. The van der Waals surface area contributed by atoms with Gasteiger partial charge in [0.25, 0.3) is 0 Å². The highest BCUT2D eigenvalue weighted by Crippen LogP contribution is 2.16. The first kappa shape index (κ1) is 14.7. The number of nitrogens with zero attached hydrogens (tertiary/aromatic N) is 1. The van der Waals surface area contributed by atoms with Crippen LogP contribution in [0, 0.1) is 0 Å². The maximum atomic E-state index is 11.4. The standard InChI is InChI=1S/C15H18N2O2S/c1-11(15-16-7-8-20-15)17-10-13-6-4-3-5-12(13)9-14(18)19-2/h3-8,11,17H,9-10H2,1-2H3. The molecule has 1 N–H and O–H groups in total. The molecule has 0 bridgehead atoms. The van der Waals surface area contributed by atoms with Crippen molar-refractivity contribution < 1.29 is 9.53 Å². The van der Waals surface area contributed by atoms with Crippen LogP contribution < -0.4 is 5.32 Å². The highest BCUT2D eigenvalue weighted by Gasteiger charge is 2.10. The van der Waals surface area contributed by atoms with E-state index in [9.17, 15) is 4.79 Å². The third-order valence-corrected chi connectivity index (χ3v) is 4.06. The lowest BCUT2D eigenvalue weighted by Gasteiger charge is -2.13. The molecule has 106 valence electrons. The molecule has 1 atom stereocenters. The number of methoxy groups -OCH3 is 1. The lowest BCUT2D eigenvalue weighted by Crippen LogP contribution is -2.19. The SMILES string of the molecule is COC(=O)Cc1ccccc1CNC(C)c1nccs1. The van der Waals surface area contributed by atoms with Crippen LogP contribution in [-0.2, 0) is 22.5 Å². The van der Waals surface area contributed by atoms with Crippen LogP contribution in [-0.4, -0.2) is 18.1 Å². The van der Waals surface area contributed by atoms with Crippen molar-refractivity contribution in [2.45, 2.75) is 25.9 Å². The lowest BCUT2D eigenvalue weighted by molar-refractivity contribution is -0.139. The summed E-state index contributed by atoms with van der Waals surface area (Å²) >= 11 is 1.64. The van der Waals surface area contributed by atoms with Crippen LogP contribution in [0.3, 0.4) is 0 Å². The van der Waals surface area contributed by atoms with Gasteiger partial charge in [-0.3, -0.25) is 4.79 Å². The highest BCUT2D eigenvalue weighted by atomic mass is 32.1. The molecule has 0 aliphatic heterocycles. The molecule has 4 nitrogen and oxygen atoms in total. The van der Waals surface area contributed by atoms with Crippen LogP contribution in [0.2, 0.25) is 0 Å². The second-order valence-electron chi connectivity index (χ2n) is 4.49. The molecule has 0 saturated heterocycles. The average Bonchev–Trinajstić information content (AvgIpc) is 3.00. The number of benzene rings is 1. The molecule has 0 radical (unpaired) electrons. The Bertz CT molecular complexity index is 555. The Morgan fingerprint density at radius 2 is 2.15 bits per heavy atom. The predicted octanol–water partition coefficient (Wildman–Crippen LogP) is 2.71. The van der Waals surface area contributed by atoms with E-state index >= 15 is 0 Å². The molecule has 0 amide bonds. The molecule has 2 rings (SSSR count). The smallest absolute Gasteiger partial charge is 0.309 e. The number of rotatable bonds is 6. The van der Waals surface area contributed by atoms with Crippen molar-refractivity contribution in [2.75, 3.05) is 7.11 Å². The van der Waals surface area contributed by atoms with E-state index in [2.05, 4.69) is 17.2 Å². The van der Waals surface area contributed by atoms with Gasteiger partial charge in [-0.25, -0.2) is 4.98 Å². The summed E-state index contributed by atoms with van der Waals surface area (Å²) in [6, 6.07) is 8.10. The molecule has 0 saturated carbocycles. The van der Waals surface area contributed by atoms with Gasteiger partial charge < -0.3 is 10.1 Å². The quantitative estimate of drug-likeness (QED) is 0.831. The van der Waals surface area contributed by atoms with E-state index in [1.54, 1.807) is 11.3 Å². The van der Waals surface area contributed by atoms with Gasteiger partial charge in [0.15, 0.2) is 0 Å². The van der Waals surface area contributed by atoms with Crippen LogP contribution in [0.1, 0.15) is 29.1 Å². The largest absolute Gasteiger partial charge is 0.469 e. The van der Waals surface area contributed by atoms with Gasteiger partial charge in [0, 0.05) is 18.1 Å². The first-order chi connectivity index (χ1) is 9.70. The Labute approximate surface area is 122 Å². The molecule has 0 spiro atoms. The summed E-state index contributed by atoms with van der Waals surface area (Å²) in [5, 5.41) is 6.46. The zero-order valence-electron chi connectivity index (χ0n) is 11.6. The van der Waals surface area contributed by atoms with E-state index in [-0.39, 0.29) is 12.0 Å². The van der Waals surface area contributed by atoms with Crippen molar-refractivity contribution >= 4 is 17.3 Å². The Morgan fingerprint density at radius 1 is 1.40 bits per heavy atom. The van der Waals surface area contributed by atoms with E-state index in [0.29, 0.717) is 13.0 Å². The minimum Gasteiger partial charge on any atom is -0.469 e. The molecule has 2 aromatic rings. The van der Waals surface area contributed by atoms with Gasteiger partial charge in [0.2, 0.25) is 0 Å². The Hall–Kier alpha value is -1.72. The third kappa shape index (κ3) is 3.88. The summed E-state index contributed by atoms with van der Waals surface area (Å²) in [5.74, 6) is -0.217. The fraction of sp³-hybridized carbons (Fsp3) is 0.333. The number of nitrogens with one attached hydrogen (secondary N) is 1. The summed E-state index contributed by atoms with van der Waals surface area (Å²) in [6.45, 7) is 2.79. The average molecular weight is 290 g/mol. The van der Waals surface area contributed by atoms with Crippen molar-refractivity contribution in [2.24, 2.45) is 0 Å². The number of hydrogen-bond acceptors (Lipinski definition) is 5. The number of hydrogen-bond donors (Lipinski definition) is 1. The maximum Gasteiger partial charge on any atom is 0.309 e. The Kier molecular flexibility index (Phi) is 5.26. The molecule has 1 aromatic carbocycles. The van der Waals surface area contributed by atoms with Crippen molar-refractivity contribution in [3.05, 3.63) is 52.0 Å². The molecule has 20 heavy (non-hydrogen) atoms. The molecule has 5 heteroatoms. The second kappa shape index (κ2) is 7.17. The van der Waals surface area contributed by atoms with Gasteiger partial charge in [-0.2, -0.15) is 0 Å². The predicted molar refractivity (Wildman–Crippen MR) is 79.5 cm³/mol. The first-order valence-corrected chi connectivity index (χ1v) is 7.35. The van der Waals surface area contributed by atoms with Crippen LogP contribution in [0.15, 0.2) is 35.8 Å². The van der Waals surface area contributed by atoms with Crippen molar-refractivity contribution in [3.63, 3.8) is 0 Å². The molecule has 1 heterocycles. The number of ether oxygens (including phenoxy) is 1. The van der Waals surface area contributed by atoms with Gasteiger partial charge in [0.05, 0.1) is 19.6 Å². The van der Waals surface area contributed by atoms with Gasteiger partial charge in [-0.15, -0.1) is 11.3 Å². The Morgan fingerprint density at radius 3 is 2.80 bits per heavy atom. The van der Waals surface area contributed by atoms with E-state index in [0.717, 1.165) is 16.1 Å². The van der Waals surface area contributed by atoms with Crippen LogP contribution in [0.4, 0.5) is 0 Å². The molecule has 1 unspecified atom stereocenters. The third-order valence-electron chi connectivity index (χ3n) is 3.10. The lowest BCUT2D eigenvalue weighted by atomic mass is 10.0. The molecule has 0 fully saturated rings. The van der Waals surface area contributed by atoms with E-state index in [1.807, 2.05) is 35.8 Å². The van der Waals surface area contributed by atoms with Crippen LogP contribution in [0.25, 0.3) is 0 Å². The van der Waals surface area contributed by atoms with Crippen molar-refractivity contribution in [3.8, 4) is 0 Å². The topological polar surface area (TPSA) is 51.2 Å². The van der Waals surface area contributed by atoms with E-state index in [1.165, 1.54) is 7.11 Å². The maximum absolute atomic E-state index is 11.4. The number of aromatic nitrogens is 1. The van der Waals surface area contributed by atoms with Crippen LogP contribution >= 0.6 is 11.3 Å². The number of carbonyl (C=O) groups excluding carboxylic acids is 1. The van der Waals surface area contributed by atoms with Gasteiger partial charge in [0.1, 0.15) is 5.01 Å². The zero-order chi connectivity index (χ0) is 14.4. The zero-order valence-corrected chi connectivity index (χ0v) is 12.4. The first-order valence-electron chi connectivity index (χ1n) is 6.47. The van der Waals surface area contributed by atoms with Crippen LogP contribution in [0.5, 0.6) is 0 Å². The highest BCUT2D eigenvalue weighted by molar-refractivity contribution is 7.09. The normalized spacial score (nSPS) is 12.1. The molecule has 0 aliphatic carbocycles. The fourth-order valence-electron chi connectivity index (χ4n) is 1.93. The van der Waals surface area contributed by atoms with Gasteiger partial charge >= 0.3 is 5.97 Å². The Balaban J connectivity index is 2.00. The summed E-state index contributed by atoms with van der Waals surface area (Å²) in [6.07, 6.45) is 2.11.